The van der Waals surface area contributed by atoms with Crippen molar-refractivity contribution in [1.29, 1.82) is 0 Å². The number of fused-ring (bicyclic) bond motifs is 1. The van der Waals surface area contributed by atoms with Gasteiger partial charge in [0, 0.05) is 30.6 Å². The second-order valence-electron chi connectivity index (χ2n) is 8.24. The van der Waals surface area contributed by atoms with E-state index in [0.29, 0.717) is 0 Å². The highest BCUT2D eigenvalue weighted by molar-refractivity contribution is 5.92. The van der Waals surface area contributed by atoms with Crippen LogP contribution in [0.15, 0.2) is 0 Å². The number of carbonyl (C=O) groups excluding carboxylic acids is 2. The van der Waals surface area contributed by atoms with Crippen molar-refractivity contribution in [3.63, 3.8) is 0 Å². The summed E-state index contributed by atoms with van der Waals surface area (Å²) in [4.78, 5) is 28.3. The normalized spacial score (nSPS) is 22.9. The van der Waals surface area contributed by atoms with Gasteiger partial charge in [-0.15, -0.1) is 0 Å². The lowest BCUT2D eigenvalue weighted by Gasteiger charge is -2.49. The van der Waals surface area contributed by atoms with Crippen molar-refractivity contribution in [2.75, 3.05) is 19.6 Å². The number of urea groups is 1. The molecule has 0 N–H and O–H groups in total. The van der Waals surface area contributed by atoms with Gasteiger partial charge in [-0.1, -0.05) is 41.0 Å². The number of carbonyl (C=O) groups is 2. The predicted molar refractivity (Wildman–Crippen MR) is 96.6 cm³/mol. The van der Waals surface area contributed by atoms with Crippen molar-refractivity contribution in [2.45, 2.75) is 85.2 Å². The van der Waals surface area contributed by atoms with Crippen molar-refractivity contribution in [3.05, 3.63) is 0 Å². The average Bonchev–Trinajstić information content (AvgIpc) is 2.98. The predicted octanol–water partition coefficient (Wildman–Crippen LogP) is 3.69. The van der Waals surface area contributed by atoms with Crippen LogP contribution in [0.4, 0.5) is 4.79 Å². The maximum atomic E-state index is 13.2. The summed E-state index contributed by atoms with van der Waals surface area (Å²) < 4.78 is 0. The van der Waals surface area contributed by atoms with Crippen LogP contribution in [-0.4, -0.2) is 57.9 Å². The average molecular weight is 338 g/mol. The van der Waals surface area contributed by atoms with E-state index in [4.69, 9.17) is 0 Å². The third-order valence-corrected chi connectivity index (χ3v) is 6.29. The fourth-order valence-corrected chi connectivity index (χ4v) is 4.18. The minimum Gasteiger partial charge on any atom is -0.317 e. The molecule has 2 saturated heterocycles. The smallest absolute Gasteiger partial charge is 0.317 e. The van der Waals surface area contributed by atoms with Gasteiger partial charge in [0.1, 0.15) is 6.04 Å². The van der Waals surface area contributed by atoms with E-state index in [1.807, 2.05) is 18.7 Å². The van der Waals surface area contributed by atoms with E-state index in [-0.39, 0.29) is 28.8 Å². The maximum Gasteiger partial charge on any atom is 0.335 e. The first kappa shape index (κ1) is 19.2. The molecule has 0 unspecified atom stereocenters. The number of hydrogen-bond donors (Lipinski definition) is 0. The van der Waals surface area contributed by atoms with Crippen LogP contribution in [0.3, 0.4) is 0 Å². The molecule has 138 valence electrons. The van der Waals surface area contributed by atoms with Gasteiger partial charge in [-0.05, 0) is 32.6 Å². The second kappa shape index (κ2) is 7.03. The minimum atomic E-state index is -0.364. The highest BCUT2D eigenvalue weighted by Crippen LogP contribution is 2.35. The fraction of sp³-hybridized carbons (Fsp3) is 0.895. The zero-order valence-corrected chi connectivity index (χ0v) is 16.4. The Morgan fingerprint density at radius 1 is 1.08 bits per heavy atom. The first-order valence-corrected chi connectivity index (χ1v) is 9.61. The molecule has 5 heteroatoms. The number of nitrogens with zero attached hydrogens (tertiary/aromatic N) is 3. The fourth-order valence-electron chi connectivity index (χ4n) is 4.18. The topological polar surface area (TPSA) is 43.9 Å². The van der Waals surface area contributed by atoms with Gasteiger partial charge in [0.2, 0.25) is 0 Å². The monoisotopic (exact) mass is 337 g/mol. The summed E-state index contributed by atoms with van der Waals surface area (Å²) in [5.41, 5.74) is -0.491. The van der Waals surface area contributed by atoms with Crippen LogP contribution in [0.1, 0.15) is 73.6 Å². The quantitative estimate of drug-likeness (QED) is 0.712. The highest BCUT2D eigenvalue weighted by atomic mass is 16.2. The van der Waals surface area contributed by atoms with Gasteiger partial charge in [0.05, 0.1) is 0 Å². The summed E-state index contributed by atoms with van der Waals surface area (Å²) in [5, 5.41) is 3.88. The lowest BCUT2D eigenvalue weighted by Crippen LogP contribution is -2.65. The van der Waals surface area contributed by atoms with E-state index in [2.05, 4.69) is 32.7 Å². The zero-order chi connectivity index (χ0) is 18.1. The number of Topliss-reactive ketones (excluding diaryl/α,β-unsaturated/α-hetero) is 1. The Morgan fingerprint density at radius 2 is 1.71 bits per heavy atom. The van der Waals surface area contributed by atoms with Crippen molar-refractivity contribution in [3.8, 4) is 0 Å². The molecule has 0 aromatic heterocycles. The SMILES string of the molecule is CCCC(C)(C)C(=O)[C@@H]1CCN2CCN(C(C)(CC)CC)C(=O)N12. The van der Waals surface area contributed by atoms with E-state index in [9.17, 15) is 9.59 Å². The van der Waals surface area contributed by atoms with Crippen LogP contribution >= 0.6 is 0 Å². The van der Waals surface area contributed by atoms with Crippen molar-refractivity contribution >= 4 is 11.8 Å². The van der Waals surface area contributed by atoms with E-state index >= 15 is 0 Å². The van der Waals surface area contributed by atoms with Crippen LogP contribution in [0, 0.1) is 5.41 Å². The summed E-state index contributed by atoms with van der Waals surface area (Å²) in [5.74, 6) is 0.219. The van der Waals surface area contributed by atoms with Gasteiger partial charge in [-0.25, -0.2) is 14.8 Å². The molecule has 2 amide bonds. The summed E-state index contributed by atoms with van der Waals surface area (Å²) in [6.45, 7) is 15.0. The molecule has 2 heterocycles. The van der Waals surface area contributed by atoms with E-state index < -0.39 is 0 Å². The molecule has 0 aliphatic carbocycles. The number of ketones is 1. The summed E-state index contributed by atoms with van der Waals surface area (Å²) >= 11 is 0. The van der Waals surface area contributed by atoms with E-state index in [1.54, 1.807) is 5.01 Å². The molecule has 24 heavy (non-hydrogen) atoms. The van der Waals surface area contributed by atoms with Gasteiger partial charge in [0.15, 0.2) is 5.78 Å². The first-order chi connectivity index (χ1) is 11.2. The molecule has 2 rings (SSSR count). The Hall–Kier alpha value is -1.10. The first-order valence-electron chi connectivity index (χ1n) is 9.61. The van der Waals surface area contributed by atoms with Gasteiger partial charge < -0.3 is 4.90 Å². The molecule has 2 fully saturated rings. The van der Waals surface area contributed by atoms with Crippen LogP contribution in [0.2, 0.25) is 0 Å². The number of rotatable bonds is 7. The Labute approximate surface area is 147 Å². The highest BCUT2D eigenvalue weighted by Gasteiger charge is 2.49. The lowest BCUT2D eigenvalue weighted by molar-refractivity contribution is -0.136. The molecule has 2 aliphatic rings. The molecule has 5 nitrogen and oxygen atoms in total. The third kappa shape index (κ3) is 3.19. The summed E-state index contributed by atoms with van der Waals surface area (Å²) in [7, 11) is 0. The molecular weight excluding hydrogens is 302 g/mol. The molecular formula is C19H35N3O2. The van der Waals surface area contributed by atoms with Gasteiger partial charge in [-0.3, -0.25) is 4.79 Å². The van der Waals surface area contributed by atoms with Gasteiger partial charge >= 0.3 is 6.03 Å². The Bertz CT molecular complexity index is 485. The largest absolute Gasteiger partial charge is 0.335 e. The Kier molecular flexibility index (Phi) is 5.63. The maximum absolute atomic E-state index is 13.2. The van der Waals surface area contributed by atoms with Crippen molar-refractivity contribution in [1.82, 2.24) is 14.9 Å². The Balaban J connectivity index is 2.24. The van der Waals surface area contributed by atoms with Crippen molar-refractivity contribution < 1.29 is 9.59 Å². The van der Waals surface area contributed by atoms with Crippen LogP contribution in [0.25, 0.3) is 0 Å². The van der Waals surface area contributed by atoms with Gasteiger partial charge in [-0.2, -0.15) is 0 Å². The van der Waals surface area contributed by atoms with Crippen LogP contribution in [0.5, 0.6) is 0 Å². The second-order valence-corrected chi connectivity index (χ2v) is 8.24. The Morgan fingerprint density at radius 3 is 2.25 bits per heavy atom. The minimum absolute atomic E-state index is 0.0237. The molecule has 0 aromatic rings. The number of hydrazine groups is 1. The van der Waals surface area contributed by atoms with Crippen molar-refractivity contribution in [2.24, 2.45) is 5.41 Å². The number of amides is 2. The standard InChI is InChI=1S/C19H35N3O2/c1-7-11-18(4,5)16(23)15-10-12-20-13-14-21(17(24)22(15)20)19(6,8-2)9-3/h15H,7-14H2,1-6H3/t15-/m0/s1. The van der Waals surface area contributed by atoms with Crippen LogP contribution < -0.4 is 0 Å². The van der Waals surface area contributed by atoms with Gasteiger partial charge in [0.25, 0.3) is 0 Å². The zero-order valence-electron chi connectivity index (χ0n) is 16.4. The molecule has 0 spiro atoms. The molecule has 0 aromatic carbocycles. The van der Waals surface area contributed by atoms with E-state index in [1.165, 1.54) is 0 Å². The third-order valence-electron chi connectivity index (χ3n) is 6.29. The molecule has 2 aliphatic heterocycles. The summed E-state index contributed by atoms with van der Waals surface area (Å²) in [6.07, 6.45) is 4.49. The molecule has 0 saturated carbocycles. The number of hydrogen-bond acceptors (Lipinski definition) is 3. The molecule has 0 radical (unpaired) electrons. The lowest BCUT2D eigenvalue weighted by atomic mass is 9.80. The van der Waals surface area contributed by atoms with E-state index in [0.717, 1.165) is 51.7 Å². The van der Waals surface area contributed by atoms with Crippen LogP contribution in [-0.2, 0) is 4.79 Å². The molecule has 0 bridgehead atoms. The molecule has 1 atom stereocenters. The summed E-state index contributed by atoms with van der Waals surface area (Å²) in [6, 6.07) is -0.268.